The first-order chi connectivity index (χ1) is 11.7. The molecule has 2 rings (SSSR count). The highest BCUT2D eigenvalue weighted by Crippen LogP contribution is 2.25. The molecule has 0 aliphatic heterocycles. The molecule has 0 bridgehead atoms. The Morgan fingerprint density at radius 1 is 1.36 bits per heavy atom. The maximum absolute atomic E-state index is 12.4. The van der Waals surface area contributed by atoms with Crippen molar-refractivity contribution < 1.29 is 17.9 Å². The number of nitrogens with zero attached hydrogens (tertiary/aromatic N) is 2. The maximum atomic E-state index is 12.4. The van der Waals surface area contributed by atoms with E-state index >= 15 is 0 Å². The molecule has 0 fully saturated rings. The predicted molar refractivity (Wildman–Crippen MR) is 91.1 cm³/mol. The van der Waals surface area contributed by atoms with E-state index in [1.807, 2.05) is 0 Å². The summed E-state index contributed by atoms with van der Waals surface area (Å²) in [6.07, 6.45) is 1.11. The Balaban J connectivity index is 2.39. The second-order valence-corrected chi connectivity index (χ2v) is 7.27. The molecule has 1 aromatic heterocycles. The van der Waals surface area contributed by atoms with Gasteiger partial charge in [-0.05, 0) is 12.1 Å². The number of aromatic nitrogens is 2. The molecule has 1 amide bonds. The highest BCUT2D eigenvalue weighted by molar-refractivity contribution is 7.89. The van der Waals surface area contributed by atoms with Gasteiger partial charge < -0.3 is 15.8 Å². The summed E-state index contributed by atoms with van der Waals surface area (Å²) in [6, 6.07) is 3.86. The molecular weight excluding hydrogens is 350 g/mol. The van der Waals surface area contributed by atoms with Crippen LogP contribution in [-0.4, -0.2) is 49.8 Å². The number of benzene rings is 1. The Hall–Kier alpha value is -2.92. The fraction of sp³-hybridized carbons (Fsp3) is 0.214. The van der Waals surface area contributed by atoms with Crippen molar-refractivity contribution in [2.75, 3.05) is 32.3 Å². The first-order valence-corrected chi connectivity index (χ1v) is 8.37. The fourth-order valence-corrected chi connectivity index (χ4v) is 2.84. The van der Waals surface area contributed by atoms with Crippen LogP contribution in [0.2, 0.25) is 0 Å². The molecular formula is C14H17N5O5S. The number of sulfonamides is 1. The van der Waals surface area contributed by atoms with Crippen LogP contribution in [0.3, 0.4) is 0 Å². The first kappa shape index (κ1) is 18.4. The molecule has 2 aromatic rings. The van der Waals surface area contributed by atoms with Crippen molar-refractivity contribution >= 4 is 27.4 Å². The molecule has 25 heavy (non-hydrogen) atoms. The number of hydrogen-bond donors (Lipinski definition) is 3. The number of H-pyrrole nitrogens is 1. The zero-order chi connectivity index (χ0) is 18.8. The van der Waals surface area contributed by atoms with E-state index in [2.05, 4.69) is 15.3 Å². The third-order valence-corrected chi connectivity index (χ3v) is 5.10. The Labute approximate surface area is 143 Å². The highest BCUT2D eigenvalue weighted by Gasteiger charge is 2.21. The van der Waals surface area contributed by atoms with E-state index in [4.69, 9.17) is 10.5 Å². The van der Waals surface area contributed by atoms with E-state index in [1.54, 1.807) is 0 Å². The van der Waals surface area contributed by atoms with Crippen LogP contribution in [0.1, 0.15) is 10.4 Å². The zero-order valence-corrected chi connectivity index (χ0v) is 14.5. The molecule has 0 unspecified atom stereocenters. The predicted octanol–water partition coefficient (Wildman–Crippen LogP) is -0.137. The minimum Gasteiger partial charge on any atom is -0.496 e. The molecule has 0 atom stereocenters. The van der Waals surface area contributed by atoms with Crippen molar-refractivity contribution in [1.82, 2.24) is 14.3 Å². The average Bonchev–Trinajstić information content (AvgIpc) is 2.56. The number of amides is 1. The van der Waals surface area contributed by atoms with Crippen LogP contribution >= 0.6 is 0 Å². The standard InChI is InChI=1S/C14H17N5O5S/c1-19(2)25(22,23)8-4-5-9(11(6-8)24-3)13(20)17-10-7-16-14(21)18-12(10)15/h4-7H,1-3H3,(H,17,20)(H3,15,16,18,21). The summed E-state index contributed by atoms with van der Waals surface area (Å²) in [7, 11) is 0.438. The van der Waals surface area contributed by atoms with Gasteiger partial charge in [-0.3, -0.25) is 9.78 Å². The van der Waals surface area contributed by atoms with Crippen molar-refractivity contribution in [3.8, 4) is 5.75 Å². The van der Waals surface area contributed by atoms with Crippen molar-refractivity contribution in [1.29, 1.82) is 0 Å². The molecule has 0 saturated carbocycles. The summed E-state index contributed by atoms with van der Waals surface area (Å²) in [5.41, 5.74) is 5.16. The van der Waals surface area contributed by atoms with Gasteiger partial charge in [-0.25, -0.2) is 17.5 Å². The second kappa shape index (κ2) is 6.91. The van der Waals surface area contributed by atoms with Crippen molar-refractivity contribution in [3.05, 3.63) is 40.4 Å². The van der Waals surface area contributed by atoms with E-state index in [0.29, 0.717) is 0 Å². The van der Waals surface area contributed by atoms with Crippen LogP contribution in [-0.2, 0) is 10.0 Å². The third-order valence-electron chi connectivity index (χ3n) is 3.29. The Morgan fingerprint density at radius 3 is 2.60 bits per heavy atom. The van der Waals surface area contributed by atoms with Gasteiger partial charge in [-0.2, -0.15) is 4.98 Å². The summed E-state index contributed by atoms with van der Waals surface area (Å²) in [5.74, 6) is -0.596. The minimum absolute atomic E-state index is 0.0175. The summed E-state index contributed by atoms with van der Waals surface area (Å²) in [5, 5.41) is 2.47. The number of carbonyl (C=O) groups excluding carboxylic acids is 1. The number of carbonyl (C=O) groups is 1. The molecule has 10 nitrogen and oxygen atoms in total. The van der Waals surface area contributed by atoms with Crippen LogP contribution in [0.25, 0.3) is 0 Å². The Morgan fingerprint density at radius 2 is 2.04 bits per heavy atom. The number of methoxy groups -OCH3 is 1. The molecule has 0 spiro atoms. The monoisotopic (exact) mass is 367 g/mol. The number of hydrogen-bond acceptors (Lipinski definition) is 7. The summed E-state index contributed by atoms with van der Waals surface area (Å²) in [4.78, 5) is 29.1. The van der Waals surface area contributed by atoms with Gasteiger partial charge in [0.2, 0.25) is 10.0 Å². The number of nitrogen functional groups attached to an aromatic ring is 1. The highest BCUT2D eigenvalue weighted by atomic mass is 32.2. The molecule has 0 aliphatic carbocycles. The summed E-state index contributed by atoms with van der Waals surface area (Å²) >= 11 is 0. The second-order valence-electron chi connectivity index (χ2n) is 5.12. The van der Waals surface area contributed by atoms with Crippen LogP contribution in [0, 0.1) is 0 Å². The van der Waals surface area contributed by atoms with Crippen LogP contribution in [0.5, 0.6) is 5.75 Å². The van der Waals surface area contributed by atoms with Gasteiger partial charge in [0.1, 0.15) is 17.3 Å². The van der Waals surface area contributed by atoms with Crippen LogP contribution in [0.4, 0.5) is 11.5 Å². The number of ether oxygens (including phenoxy) is 1. The minimum atomic E-state index is -3.67. The lowest BCUT2D eigenvalue weighted by molar-refractivity contribution is 0.102. The maximum Gasteiger partial charge on any atom is 0.346 e. The normalized spacial score (nSPS) is 11.4. The van der Waals surface area contributed by atoms with Crippen molar-refractivity contribution in [2.45, 2.75) is 4.90 Å². The molecule has 0 saturated heterocycles. The largest absolute Gasteiger partial charge is 0.496 e. The smallest absolute Gasteiger partial charge is 0.346 e. The van der Waals surface area contributed by atoms with E-state index in [-0.39, 0.29) is 27.7 Å². The molecule has 134 valence electrons. The lowest BCUT2D eigenvalue weighted by Gasteiger charge is -2.14. The topological polar surface area (TPSA) is 147 Å². The SMILES string of the molecule is COc1cc(S(=O)(=O)N(C)C)ccc1C(=O)Nc1cnc(=O)[nH]c1N. The van der Waals surface area contributed by atoms with Gasteiger partial charge in [0.15, 0.2) is 0 Å². The summed E-state index contributed by atoms with van der Waals surface area (Å²) in [6.45, 7) is 0. The van der Waals surface area contributed by atoms with Gasteiger partial charge in [-0.1, -0.05) is 0 Å². The zero-order valence-electron chi connectivity index (χ0n) is 13.7. The summed E-state index contributed by atoms with van der Waals surface area (Å²) < 4.78 is 30.5. The first-order valence-electron chi connectivity index (χ1n) is 6.93. The molecule has 4 N–H and O–H groups in total. The Bertz CT molecular complexity index is 968. The van der Waals surface area contributed by atoms with Gasteiger partial charge in [-0.15, -0.1) is 0 Å². The number of nitrogens with one attached hydrogen (secondary N) is 2. The number of nitrogens with two attached hydrogens (primary N) is 1. The van der Waals surface area contributed by atoms with Crippen LogP contribution < -0.4 is 21.5 Å². The third kappa shape index (κ3) is 3.78. The van der Waals surface area contributed by atoms with Gasteiger partial charge >= 0.3 is 5.69 Å². The molecule has 11 heteroatoms. The van der Waals surface area contributed by atoms with Gasteiger partial charge in [0, 0.05) is 20.2 Å². The van der Waals surface area contributed by atoms with Gasteiger partial charge in [0.05, 0.1) is 23.8 Å². The molecule has 1 heterocycles. The van der Waals surface area contributed by atoms with Crippen LogP contribution in [0.15, 0.2) is 34.1 Å². The lowest BCUT2D eigenvalue weighted by atomic mass is 10.2. The van der Waals surface area contributed by atoms with E-state index in [9.17, 15) is 18.0 Å². The average molecular weight is 367 g/mol. The number of rotatable bonds is 5. The van der Waals surface area contributed by atoms with E-state index < -0.39 is 21.6 Å². The Kier molecular flexibility index (Phi) is 5.09. The van der Waals surface area contributed by atoms with Crippen molar-refractivity contribution in [2.24, 2.45) is 0 Å². The fourth-order valence-electron chi connectivity index (χ4n) is 1.93. The molecule has 1 aromatic carbocycles. The van der Waals surface area contributed by atoms with E-state index in [1.165, 1.54) is 39.4 Å². The number of aromatic amines is 1. The van der Waals surface area contributed by atoms with Crippen molar-refractivity contribution in [3.63, 3.8) is 0 Å². The quantitative estimate of drug-likeness (QED) is 0.666. The van der Waals surface area contributed by atoms with Gasteiger partial charge in [0.25, 0.3) is 5.91 Å². The number of anilines is 2. The van der Waals surface area contributed by atoms with E-state index in [0.717, 1.165) is 10.5 Å². The lowest BCUT2D eigenvalue weighted by Crippen LogP contribution is -2.23. The molecule has 0 aliphatic rings. The molecule has 0 radical (unpaired) electrons.